The summed E-state index contributed by atoms with van der Waals surface area (Å²) in [6.45, 7) is 2.61. The summed E-state index contributed by atoms with van der Waals surface area (Å²) in [5, 5.41) is 10.4. The van der Waals surface area contributed by atoms with Crippen molar-refractivity contribution in [1.82, 2.24) is 9.88 Å². The van der Waals surface area contributed by atoms with Crippen LogP contribution < -0.4 is 4.90 Å². The number of hydrogen-bond acceptors (Lipinski definition) is 3. The fraction of sp³-hybridized carbons (Fsp3) is 0.267. The van der Waals surface area contributed by atoms with Gasteiger partial charge in [-0.2, -0.15) is 0 Å². The molecule has 0 atom stereocenters. The van der Waals surface area contributed by atoms with E-state index in [1.54, 1.807) is 29.3 Å². The number of nitrogens with one attached hydrogen (secondary N) is 1. The summed E-state index contributed by atoms with van der Waals surface area (Å²) < 4.78 is 0. The Balaban J connectivity index is 1.65. The van der Waals surface area contributed by atoms with Crippen LogP contribution in [0.15, 0.2) is 36.5 Å². The molecule has 0 saturated carbocycles. The van der Waals surface area contributed by atoms with Gasteiger partial charge in [-0.25, -0.2) is 0 Å². The van der Waals surface area contributed by atoms with Gasteiger partial charge in [0.2, 0.25) is 0 Å². The standard InChI is InChI=1S/C15H16ClN3O2/c16-11-9-12(17-10-11)15(21)19-7-5-18(6-8-19)13-3-1-2-4-14(13)20/h1-4,9-10,17,20H,5-8H2. The number of aromatic nitrogens is 1. The second kappa shape index (κ2) is 5.69. The second-order valence-electron chi connectivity index (χ2n) is 5.00. The van der Waals surface area contributed by atoms with Crippen molar-refractivity contribution in [2.45, 2.75) is 0 Å². The first kappa shape index (κ1) is 13.8. The zero-order valence-corrected chi connectivity index (χ0v) is 12.2. The van der Waals surface area contributed by atoms with Crippen molar-refractivity contribution in [3.05, 3.63) is 47.2 Å². The Hall–Kier alpha value is -2.14. The van der Waals surface area contributed by atoms with E-state index < -0.39 is 0 Å². The number of amides is 1. The van der Waals surface area contributed by atoms with E-state index in [0.717, 1.165) is 5.69 Å². The van der Waals surface area contributed by atoms with Crippen LogP contribution in [0.4, 0.5) is 5.69 Å². The van der Waals surface area contributed by atoms with Gasteiger partial charge in [-0.15, -0.1) is 0 Å². The minimum atomic E-state index is -0.0427. The molecule has 1 amide bonds. The maximum absolute atomic E-state index is 12.3. The molecule has 6 heteroatoms. The highest BCUT2D eigenvalue weighted by Gasteiger charge is 2.24. The summed E-state index contributed by atoms with van der Waals surface area (Å²) >= 11 is 5.83. The molecule has 2 N–H and O–H groups in total. The van der Waals surface area contributed by atoms with Gasteiger partial charge in [-0.1, -0.05) is 23.7 Å². The SMILES string of the molecule is O=C(c1cc(Cl)c[nH]1)N1CCN(c2ccccc2O)CC1. The number of anilines is 1. The zero-order valence-electron chi connectivity index (χ0n) is 11.4. The number of hydrogen-bond donors (Lipinski definition) is 2. The minimum absolute atomic E-state index is 0.0427. The predicted molar refractivity (Wildman–Crippen MR) is 82.0 cm³/mol. The van der Waals surface area contributed by atoms with Gasteiger partial charge < -0.3 is 19.9 Å². The van der Waals surface area contributed by atoms with Gasteiger partial charge in [0.1, 0.15) is 11.4 Å². The molecule has 5 nitrogen and oxygen atoms in total. The zero-order chi connectivity index (χ0) is 14.8. The molecule has 3 rings (SSSR count). The summed E-state index contributed by atoms with van der Waals surface area (Å²) in [6.07, 6.45) is 1.60. The number of phenols is 1. The van der Waals surface area contributed by atoms with E-state index in [9.17, 15) is 9.90 Å². The number of rotatable bonds is 2. The van der Waals surface area contributed by atoms with Crippen molar-refractivity contribution >= 4 is 23.2 Å². The Kier molecular flexibility index (Phi) is 3.75. The van der Waals surface area contributed by atoms with Gasteiger partial charge >= 0.3 is 0 Å². The third-order valence-corrected chi connectivity index (χ3v) is 3.89. The lowest BCUT2D eigenvalue weighted by atomic mass is 10.2. The van der Waals surface area contributed by atoms with E-state index in [1.165, 1.54) is 0 Å². The van der Waals surface area contributed by atoms with Crippen LogP contribution in [0.3, 0.4) is 0 Å². The first-order valence-electron chi connectivity index (χ1n) is 6.81. The number of phenolic OH excluding ortho intramolecular Hbond substituents is 1. The largest absolute Gasteiger partial charge is 0.506 e. The molecule has 0 bridgehead atoms. The second-order valence-corrected chi connectivity index (χ2v) is 5.44. The van der Waals surface area contributed by atoms with E-state index >= 15 is 0 Å². The average Bonchev–Trinajstić information content (AvgIpc) is 2.94. The van der Waals surface area contributed by atoms with Gasteiger partial charge in [0, 0.05) is 32.4 Å². The quantitative estimate of drug-likeness (QED) is 0.895. The van der Waals surface area contributed by atoms with E-state index in [1.807, 2.05) is 12.1 Å². The molecule has 1 aliphatic rings. The third kappa shape index (κ3) is 2.83. The van der Waals surface area contributed by atoms with Crippen molar-refractivity contribution in [3.8, 4) is 5.75 Å². The number of aromatic hydroxyl groups is 1. The molecule has 2 heterocycles. The smallest absolute Gasteiger partial charge is 0.270 e. The van der Waals surface area contributed by atoms with Crippen molar-refractivity contribution < 1.29 is 9.90 Å². The van der Waals surface area contributed by atoms with Crippen LogP contribution in [0.2, 0.25) is 5.02 Å². The summed E-state index contributed by atoms with van der Waals surface area (Å²) in [7, 11) is 0. The molecule has 1 aromatic carbocycles. The number of nitrogens with zero attached hydrogens (tertiary/aromatic N) is 2. The highest BCUT2D eigenvalue weighted by Crippen LogP contribution is 2.27. The highest BCUT2D eigenvalue weighted by molar-refractivity contribution is 6.30. The number of aromatic amines is 1. The minimum Gasteiger partial charge on any atom is -0.506 e. The maximum Gasteiger partial charge on any atom is 0.270 e. The van der Waals surface area contributed by atoms with Crippen LogP contribution in [0.1, 0.15) is 10.5 Å². The lowest BCUT2D eigenvalue weighted by Gasteiger charge is -2.36. The lowest BCUT2D eigenvalue weighted by Crippen LogP contribution is -2.48. The highest BCUT2D eigenvalue weighted by atomic mass is 35.5. The van der Waals surface area contributed by atoms with Gasteiger partial charge in [0.15, 0.2) is 0 Å². The molecule has 1 aliphatic heterocycles. The van der Waals surface area contributed by atoms with Crippen molar-refractivity contribution in [2.24, 2.45) is 0 Å². The van der Waals surface area contributed by atoms with Gasteiger partial charge in [-0.05, 0) is 18.2 Å². The molecule has 2 aromatic rings. The number of carbonyl (C=O) groups excluding carboxylic acids is 1. The molecule has 0 spiro atoms. The fourth-order valence-corrected chi connectivity index (χ4v) is 2.71. The molecule has 0 unspecified atom stereocenters. The molecule has 1 aromatic heterocycles. The Morgan fingerprint density at radius 2 is 1.90 bits per heavy atom. The Labute approximate surface area is 127 Å². The van der Waals surface area contributed by atoms with Gasteiger partial charge in [0.25, 0.3) is 5.91 Å². The lowest BCUT2D eigenvalue weighted by molar-refractivity contribution is 0.0741. The van der Waals surface area contributed by atoms with Crippen molar-refractivity contribution in [3.63, 3.8) is 0 Å². The summed E-state index contributed by atoms with van der Waals surface area (Å²) in [4.78, 5) is 19.0. The van der Waals surface area contributed by atoms with E-state index in [2.05, 4.69) is 9.88 Å². The molecular formula is C15H16ClN3O2. The van der Waals surface area contributed by atoms with Crippen LogP contribution in [0.25, 0.3) is 0 Å². The number of carbonyl (C=O) groups is 1. The maximum atomic E-state index is 12.3. The molecular weight excluding hydrogens is 290 g/mol. The van der Waals surface area contributed by atoms with Gasteiger partial charge in [-0.3, -0.25) is 4.79 Å². The van der Waals surface area contributed by atoms with Crippen molar-refractivity contribution in [1.29, 1.82) is 0 Å². The van der Waals surface area contributed by atoms with Gasteiger partial charge in [0.05, 0.1) is 10.7 Å². The van der Waals surface area contributed by atoms with E-state index in [-0.39, 0.29) is 11.7 Å². The van der Waals surface area contributed by atoms with Crippen molar-refractivity contribution in [2.75, 3.05) is 31.1 Å². The van der Waals surface area contributed by atoms with Crippen LogP contribution >= 0.6 is 11.6 Å². The van der Waals surface area contributed by atoms with Crippen LogP contribution in [-0.2, 0) is 0 Å². The Morgan fingerprint density at radius 3 is 2.52 bits per heavy atom. The van der Waals surface area contributed by atoms with Crippen LogP contribution in [0, 0.1) is 0 Å². The molecule has 0 aliphatic carbocycles. The van der Waals surface area contributed by atoms with E-state index in [0.29, 0.717) is 36.9 Å². The fourth-order valence-electron chi connectivity index (χ4n) is 2.54. The van der Waals surface area contributed by atoms with E-state index in [4.69, 9.17) is 11.6 Å². The number of H-pyrrole nitrogens is 1. The molecule has 21 heavy (non-hydrogen) atoms. The normalized spacial score (nSPS) is 15.3. The number of para-hydroxylation sites is 2. The van der Waals surface area contributed by atoms with Crippen LogP contribution in [0.5, 0.6) is 5.75 Å². The summed E-state index contributed by atoms with van der Waals surface area (Å²) in [5.74, 6) is 0.229. The van der Waals surface area contributed by atoms with Crippen LogP contribution in [-0.4, -0.2) is 47.1 Å². The Bertz CT molecular complexity index is 648. The first-order valence-corrected chi connectivity index (χ1v) is 7.19. The molecule has 110 valence electrons. The molecule has 0 radical (unpaired) electrons. The third-order valence-electron chi connectivity index (χ3n) is 3.67. The summed E-state index contributed by atoms with van der Waals surface area (Å²) in [6, 6.07) is 8.89. The number of benzene rings is 1. The monoisotopic (exact) mass is 305 g/mol. The molecule has 1 saturated heterocycles. The average molecular weight is 306 g/mol. The molecule has 1 fully saturated rings. The number of piperazine rings is 1. The Morgan fingerprint density at radius 1 is 1.19 bits per heavy atom. The topological polar surface area (TPSA) is 59.6 Å². The predicted octanol–water partition coefficient (Wildman–Crippen LogP) is 2.34. The summed E-state index contributed by atoms with van der Waals surface area (Å²) in [5.41, 5.74) is 1.32. The first-order chi connectivity index (χ1) is 10.1. The number of halogens is 1.